The maximum Gasteiger partial charge on any atom is 0.349 e. The van der Waals surface area contributed by atoms with Crippen molar-refractivity contribution in [1.29, 1.82) is 0 Å². The van der Waals surface area contributed by atoms with Gasteiger partial charge in [-0.1, -0.05) is 0 Å². The summed E-state index contributed by atoms with van der Waals surface area (Å²) in [6.07, 6.45) is 7.67. The Balaban J connectivity index is 0.000000152. The van der Waals surface area contributed by atoms with Crippen molar-refractivity contribution < 1.29 is 0 Å². The molecule has 0 bridgehead atoms. The average molecular weight is 565 g/mol. The van der Waals surface area contributed by atoms with E-state index in [1.807, 2.05) is 14.1 Å². The number of hydrogen-bond donors (Lipinski definition) is 5. The summed E-state index contributed by atoms with van der Waals surface area (Å²) in [4.78, 5) is 66.5. The Labute approximate surface area is 229 Å². The number of pyridine rings is 1. The third kappa shape index (κ3) is 7.50. The van der Waals surface area contributed by atoms with E-state index in [0.29, 0.717) is 22.7 Å². The van der Waals surface area contributed by atoms with Crippen molar-refractivity contribution in [2.75, 3.05) is 17.2 Å². The number of aromatic amines is 2. The molecule has 6 rings (SSSR count). The summed E-state index contributed by atoms with van der Waals surface area (Å²) in [7, 11) is 6.86. The number of aryl methyl sites for hydroxylation is 4. The fourth-order valence-corrected chi connectivity index (χ4v) is 3.08. The number of nitrogens with zero attached hydrogens (tertiary/aromatic N) is 9. The highest BCUT2D eigenvalue weighted by molar-refractivity contribution is 5.80. The van der Waals surface area contributed by atoms with Crippen LogP contribution in [0.5, 0.6) is 0 Å². The number of nitrogen functional groups attached to an aromatic ring is 3. The summed E-state index contributed by atoms with van der Waals surface area (Å²) in [5.41, 5.74) is 17.5. The van der Waals surface area contributed by atoms with Crippen LogP contribution in [0.25, 0.3) is 22.2 Å². The topological polar surface area (TPSA) is 262 Å². The molecule has 8 N–H and O–H groups in total. The number of rotatable bonds is 0. The first-order chi connectivity index (χ1) is 19.4. The fraction of sp³-hybridized carbons (Fsp3) is 0.174. The van der Waals surface area contributed by atoms with Gasteiger partial charge in [0.05, 0.1) is 18.2 Å². The highest BCUT2D eigenvalue weighted by Crippen LogP contribution is 2.12. The van der Waals surface area contributed by atoms with Crippen LogP contribution in [-0.4, -0.2) is 53.2 Å². The molecule has 6 heterocycles. The molecule has 0 aliphatic rings. The van der Waals surface area contributed by atoms with Crippen molar-refractivity contribution in [2.24, 2.45) is 28.2 Å². The van der Waals surface area contributed by atoms with E-state index in [2.05, 4.69) is 34.9 Å². The lowest BCUT2D eigenvalue weighted by atomic mass is 10.4. The van der Waals surface area contributed by atoms with Gasteiger partial charge in [-0.3, -0.25) is 14.6 Å². The van der Waals surface area contributed by atoms with Crippen molar-refractivity contribution in [2.45, 2.75) is 0 Å². The molecule has 18 nitrogen and oxygen atoms in total. The number of imidazole rings is 2. The number of H-pyrrole nitrogens is 2. The molecule has 0 fully saturated rings. The van der Waals surface area contributed by atoms with E-state index in [4.69, 9.17) is 17.2 Å². The van der Waals surface area contributed by atoms with Gasteiger partial charge in [0.25, 0.3) is 11.1 Å². The number of nitrogens with one attached hydrogen (secondary N) is 2. The van der Waals surface area contributed by atoms with Gasteiger partial charge >= 0.3 is 11.4 Å². The van der Waals surface area contributed by atoms with E-state index in [1.54, 1.807) is 54.2 Å². The molecule has 0 aromatic carbocycles. The molecular weight excluding hydrogens is 536 g/mol. The third-order valence-corrected chi connectivity index (χ3v) is 5.27. The molecule has 0 aliphatic carbocycles. The summed E-state index contributed by atoms with van der Waals surface area (Å²) in [6.45, 7) is 0. The van der Waals surface area contributed by atoms with Crippen LogP contribution in [0.15, 0.2) is 68.8 Å². The second kappa shape index (κ2) is 12.7. The Kier molecular flexibility index (Phi) is 9.10. The number of fused-ring (bicyclic) bond motifs is 2. The first-order valence-corrected chi connectivity index (χ1v) is 11.6. The monoisotopic (exact) mass is 564 g/mol. The van der Waals surface area contributed by atoms with Gasteiger partial charge in [-0.25, -0.2) is 29.5 Å². The van der Waals surface area contributed by atoms with Gasteiger partial charge < -0.3 is 40.5 Å². The maximum atomic E-state index is 11.2. The lowest BCUT2D eigenvalue weighted by Gasteiger charge is -1.94. The average Bonchev–Trinajstić information content (AvgIpc) is 3.49. The second-order valence-corrected chi connectivity index (χ2v) is 8.40. The highest BCUT2D eigenvalue weighted by Gasteiger charge is 2.04. The molecule has 0 aliphatic heterocycles. The van der Waals surface area contributed by atoms with Crippen LogP contribution in [0, 0.1) is 0 Å². The predicted octanol–water partition coefficient (Wildman–Crippen LogP) is -1.77. The van der Waals surface area contributed by atoms with Gasteiger partial charge in [0, 0.05) is 52.7 Å². The molecule has 0 radical (unpaired) electrons. The summed E-state index contributed by atoms with van der Waals surface area (Å²) in [5.74, 6) is 1.05. The van der Waals surface area contributed by atoms with Crippen LogP contribution in [0.1, 0.15) is 0 Å². The van der Waals surface area contributed by atoms with Crippen molar-refractivity contribution in [3.63, 3.8) is 0 Å². The van der Waals surface area contributed by atoms with E-state index in [0.717, 1.165) is 11.2 Å². The van der Waals surface area contributed by atoms with Gasteiger partial charge in [0.2, 0.25) is 0 Å². The minimum absolute atomic E-state index is 0.245. The quantitative estimate of drug-likeness (QED) is 0.137. The third-order valence-electron chi connectivity index (χ3n) is 5.27. The molecule has 214 valence electrons. The largest absolute Gasteiger partial charge is 0.385 e. The predicted molar refractivity (Wildman–Crippen MR) is 153 cm³/mol. The van der Waals surface area contributed by atoms with Gasteiger partial charge in [0.15, 0.2) is 17.0 Å². The van der Waals surface area contributed by atoms with Crippen LogP contribution < -0.4 is 39.7 Å². The SMILES string of the molecule is Cn1ccc(=O)[nH]c1=O.Cn1ccc(N)nc1=O.Cn1cnc2c(=O)[nH]c(N)cc21.Cn1cnc2c(N)ncnc21. The van der Waals surface area contributed by atoms with Gasteiger partial charge in [-0.2, -0.15) is 4.98 Å². The number of hydrogen-bond acceptors (Lipinski definition) is 12. The Morgan fingerprint density at radius 2 is 1.39 bits per heavy atom. The number of nitrogens with two attached hydrogens (primary N) is 3. The smallest absolute Gasteiger partial charge is 0.349 e. The zero-order chi connectivity index (χ0) is 30.3. The molecule has 0 spiro atoms. The lowest BCUT2D eigenvalue weighted by Crippen LogP contribution is -2.26. The van der Waals surface area contributed by atoms with E-state index in [1.165, 1.54) is 27.7 Å². The fourth-order valence-electron chi connectivity index (χ4n) is 3.08. The van der Waals surface area contributed by atoms with E-state index in [9.17, 15) is 19.2 Å². The Bertz CT molecular complexity index is 2030. The van der Waals surface area contributed by atoms with E-state index < -0.39 is 0 Å². The lowest BCUT2D eigenvalue weighted by molar-refractivity contribution is 0.799. The Morgan fingerprint density at radius 3 is 2.00 bits per heavy atom. The molecular formula is C23H28N14O4. The van der Waals surface area contributed by atoms with Crippen LogP contribution in [0.4, 0.5) is 17.5 Å². The molecule has 0 saturated heterocycles. The van der Waals surface area contributed by atoms with Gasteiger partial charge in [-0.15, -0.1) is 0 Å². The van der Waals surface area contributed by atoms with Crippen molar-refractivity contribution in [1.82, 2.24) is 53.2 Å². The molecule has 6 aromatic rings. The van der Waals surface area contributed by atoms with Crippen LogP contribution in [-0.2, 0) is 28.2 Å². The maximum absolute atomic E-state index is 11.2. The minimum atomic E-state index is -0.387. The molecule has 41 heavy (non-hydrogen) atoms. The zero-order valence-electron chi connectivity index (χ0n) is 22.5. The number of anilines is 3. The molecule has 0 amide bonds. The zero-order valence-corrected chi connectivity index (χ0v) is 22.5. The second-order valence-electron chi connectivity index (χ2n) is 8.40. The Hall–Kier alpha value is -6.07. The summed E-state index contributed by atoms with van der Waals surface area (Å²) < 4.78 is 6.20. The van der Waals surface area contributed by atoms with Crippen molar-refractivity contribution in [3.8, 4) is 0 Å². The van der Waals surface area contributed by atoms with Crippen molar-refractivity contribution in [3.05, 3.63) is 91.3 Å². The molecule has 0 atom stereocenters. The highest BCUT2D eigenvalue weighted by atomic mass is 16.2. The molecule has 0 saturated carbocycles. The minimum Gasteiger partial charge on any atom is -0.385 e. The first-order valence-electron chi connectivity index (χ1n) is 11.6. The van der Waals surface area contributed by atoms with Gasteiger partial charge in [-0.05, 0) is 6.07 Å². The normalized spacial score (nSPS) is 10.1. The summed E-state index contributed by atoms with van der Waals surface area (Å²) in [5, 5.41) is 0. The Morgan fingerprint density at radius 1 is 0.732 bits per heavy atom. The molecule has 6 aromatic heterocycles. The first kappa shape index (κ1) is 29.5. The van der Waals surface area contributed by atoms with Crippen molar-refractivity contribution >= 4 is 39.7 Å². The van der Waals surface area contributed by atoms with Crippen LogP contribution >= 0.6 is 0 Å². The number of aromatic nitrogens is 11. The standard InChI is InChI=1S/C7H8N4O.C6H7N5.C5H7N3O.C5H6N2O2/c1-11-3-9-6-4(11)2-5(8)10-7(6)12;1-11-3-10-4-5(7)8-2-9-6(4)11;1-8-3-2-4(6)7-5(8)9;1-7-3-2-4(8)6-5(7)9/h2-3H,1H3,(H3,8,10,12);2-3H,1H3,(H2,7,8,9);2-3H,1H3,(H2,6,7,9);2-3H,1H3,(H,6,8,9). The van der Waals surface area contributed by atoms with Gasteiger partial charge in [0.1, 0.15) is 23.5 Å². The van der Waals surface area contributed by atoms with Crippen LogP contribution in [0.3, 0.4) is 0 Å². The van der Waals surface area contributed by atoms with Crippen LogP contribution in [0.2, 0.25) is 0 Å². The molecule has 0 unspecified atom stereocenters. The summed E-state index contributed by atoms with van der Waals surface area (Å²) >= 11 is 0. The van der Waals surface area contributed by atoms with E-state index >= 15 is 0 Å². The molecule has 18 heteroatoms. The van der Waals surface area contributed by atoms with E-state index in [-0.39, 0.29) is 28.3 Å². The summed E-state index contributed by atoms with van der Waals surface area (Å²) in [6, 6.07) is 4.55.